The monoisotopic (exact) mass is 301 g/mol. The van der Waals surface area contributed by atoms with E-state index in [1.54, 1.807) is 0 Å². The molecule has 2 aliphatic carbocycles. The highest BCUT2D eigenvalue weighted by molar-refractivity contribution is 5.70. The van der Waals surface area contributed by atoms with Gasteiger partial charge in [0.25, 0.3) is 0 Å². The van der Waals surface area contributed by atoms with Crippen molar-refractivity contribution < 1.29 is 9.53 Å². The molecule has 0 unspecified atom stereocenters. The minimum atomic E-state index is -0.308. The third-order valence-corrected chi connectivity index (χ3v) is 5.09. The molecule has 3 rings (SSSR count). The van der Waals surface area contributed by atoms with Crippen molar-refractivity contribution in [2.24, 2.45) is 0 Å². The molecule has 3 nitrogen and oxygen atoms in total. The van der Waals surface area contributed by atoms with Crippen molar-refractivity contribution >= 4 is 6.09 Å². The maximum atomic E-state index is 11.9. The van der Waals surface area contributed by atoms with E-state index in [1.807, 2.05) is 12.1 Å². The van der Waals surface area contributed by atoms with Crippen molar-refractivity contribution in [3.05, 3.63) is 29.8 Å². The molecule has 2 saturated carbocycles. The average Bonchev–Trinajstić information content (AvgIpc) is 2.57. The largest absolute Gasteiger partial charge is 0.412 e. The zero-order valence-corrected chi connectivity index (χ0v) is 13.4. The fraction of sp³-hybridized carbons (Fsp3) is 0.632. The van der Waals surface area contributed by atoms with E-state index in [4.69, 9.17) is 4.74 Å². The summed E-state index contributed by atoms with van der Waals surface area (Å²) in [6.07, 6.45) is 12.2. The van der Waals surface area contributed by atoms with Crippen LogP contribution in [0.1, 0.15) is 75.7 Å². The minimum absolute atomic E-state index is 0.294. The lowest BCUT2D eigenvalue weighted by Crippen LogP contribution is -2.37. The SMILES string of the molecule is O=C(NC1CCCCC1)Oc1ccc(C2CCCCC2)cc1. The van der Waals surface area contributed by atoms with E-state index < -0.39 is 0 Å². The molecule has 0 radical (unpaired) electrons. The molecule has 0 heterocycles. The Labute approximate surface area is 133 Å². The van der Waals surface area contributed by atoms with Crippen molar-refractivity contribution in [1.29, 1.82) is 0 Å². The van der Waals surface area contributed by atoms with Crippen LogP contribution in [0.4, 0.5) is 4.79 Å². The van der Waals surface area contributed by atoms with Crippen LogP contribution in [0.5, 0.6) is 5.75 Å². The van der Waals surface area contributed by atoms with E-state index >= 15 is 0 Å². The van der Waals surface area contributed by atoms with Crippen LogP contribution >= 0.6 is 0 Å². The van der Waals surface area contributed by atoms with Crippen LogP contribution < -0.4 is 10.1 Å². The van der Waals surface area contributed by atoms with E-state index in [9.17, 15) is 4.79 Å². The first kappa shape index (κ1) is 15.4. The predicted octanol–water partition coefficient (Wildman–Crippen LogP) is 5.16. The zero-order valence-electron chi connectivity index (χ0n) is 13.4. The summed E-state index contributed by atoms with van der Waals surface area (Å²) in [6, 6.07) is 8.41. The Hall–Kier alpha value is -1.51. The predicted molar refractivity (Wildman–Crippen MR) is 88.3 cm³/mol. The third-order valence-electron chi connectivity index (χ3n) is 5.09. The van der Waals surface area contributed by atoms with E-state index in [1.165, 1.54) is 56.9 Å². The van der Waals surface area contributed by atoms with Crippen LogP contribution in [0, 0.1) is 0 Å². The first-order valence-corrected chi connectivity index (χ1v) is 8.89. The van der Waals surface area contributed by atoms with Crippen molar-refractivity contribution in [3.8, 4) is 5.75 Å². The van der Waals surface area contributed by atoms with Crippen LogP contribution in [-0.4, -0.2) is 12.1 Å². The van der Waals surface area contributed by atoms with Crippen molar-refractivity contribution in [2.75, 3.05) is 0 Å². The van der Waals surface area contributed by atoms with Gasteiger partial charge in [0.2, 0.25) is 0 Å². The summed E-state index contributed by atoms with van der Waals surface area (Å²) < 4.78 is 5.41. The molecule has 1 amide bonds. The van der Waals surface area contributed by atoms with E-state index in [2.05, 4.69) is 17.4 Å². The molecule has 0 aromatic heterocycles. The lowest BCUT2D eigenvalue weighted by molar-refractivity contribution is 0.192. The molecule has 1 aromatic rings. The molecule has 2 fully saturated rings. The zero-order chi connectivity index (χ0) is 15.2. The Morgan fingerprint density at radius 1 is 0.864 bits per heavy atom. The number of rotatable bonds is 3. The van der Waals surface area contributed by atoms with Gasteiger partial charge >= 0.3 is 6.09 Å². The third kappa shape index (κ3) is 4.25. The van der Waals surface area contributed by atoms with Crippen LogP contribution in [0.2, 0.25) is 0 Å². The number of ether oxygens (including phenoxy) is 1. The average molecular weight is 301 g/mol. The molecule has 120 valence electrons. The van der Waals surface area contributed by atoms with Gasteiger partial charge in [-0.2, -0.15) is 0 Å². The normalized spacial score (nSPS) is 20.5. The summed E-state index contributed by atoms with van der Waals surface area (Å²) in [5, 5.41) is 2.98. The van der Waals surface area contributed by atoms with E-state index in [0.717, 1.165) is 12.8 Å². The maximum absolute atomic E-state index is 11.9. The molecule has 1 N–H and O–H groups in total. The molecule has 0 atom stereocenters. The number of carbonyl (C=O) groups is 1. The molecule has 0 bridgehead atoms. The van der Waals surface area contributed by atoms with Gasteiger partial charge in [-0.25, -0.2) is 4.79 Å². The first-order valence-electron chi connectivity index (χ1n) is 8.89. The quantitative estimate of drug-likeness (QED) is 0.838. The molecule has 2 aliphatic rings. The second-order valence-corrected chi connectivity index (χ2v) is 6.77. The van der Waals surface area contributed by atoms with Gasteiger partial charge in [0.15, 0.2) is 0 Å². The van der Waals surface area contributed by atoms with Gasteiger partial charge in [0.1, 0.15) is 5.75 Å². The summed E-state index contributed by atoms with van der Waals surface area (Å²) in [4.78, 5) is 11.9. The van der Waals surface area contributed by atoms with Crippen molar-refractivity contribution in [2.45, 2.75) is 76.2 Å². The Morgan fingerprint density at radius 3 is 2.09 bits per heavy atom. The lowest BCUT2D eigenvalue weighted by Gasteiger charge is -2.23. The summed E-state index contributed by atoms with van der Waals surface area (Å²) in [7, 11) is 0. The fourth-order valence-electron chi connectivity index (χ4n) is 3.79. The van der Waals surface area contributed by atoms with E-state index in [-0.39, 0.29) is 6.09 Å². The van der Waals surface area contributed by atoms with Crippen LogP contribution in [0.25, 0.3) is 0 Å². The number of hydrogen-bond acceptors (Lipinski definition) is 2. The summed E-state index contributed by atoms with van der Waals surface area (Å²) in [5.41, 5.74) is 1.39. The van der Waals surface area contributed by atoms with Crippen molar-refractivity contribution in [1.82, 2.24) is 5.32 Å². The molecule has 0 saturated heterocycles. The minimum Gasteiger partial charge on any atom is -0.410 e. The van der Waals surface area contributed by atoms with Crippen molar-refractivity contribution in [3.63, 3.8) is 0 Å². The summed E-state index contributed by atoms with van der Waals surface area (Å²) in [5.74, 6) is 1.34. The van der Waals surface area contributed by atoms with Gasteiger partial charge in [0, 0.05) is 6.04 Å². The number of benzene rings is 1. The Balaban J connectivity index is 1.50. The number of amides is 1. The first-order chi connectivity index (χ1) is 10.8. The number of carbonyl (C=O) groups excluding carboxylic acids is 1. The van der Waals surface area contributed by atoms with Crippen LogP contribution in [0.15, 0.2) is 24.3 Å². The molecule has 3 heteroatoms. The highest BCUT2D eigenvalue weighted by atomic mass is 16.6. The molecule has 1 aromatic carbocycles. The fourth-order valence-corrected chi connectivity index (χ4v) is 3.79. The molecular weight excluding hydrogens is 274 g/mol. The smallest absolute Gasteiger partial charge is 0.410 e. The highest BCUT2D eigenvalue weighted by Crippen LogP contribution is 2.33. The summed E-state index contributed by atoms with van der Waals surface area (Å²) in [6.45, 7) is 0. The highest BCUT2D eigenvalue weighted by Gasteiger charge is 2.18. The van der Waals surface area contributed by atoms with Gasteiger partial charge in [-0.05, 0) is 49.3 Å². The summed E-state index contributed by atoms with van der Waals surface area (Å²) >= 11 is 0. The Morgan fingerprint density at radius 2 is 1.45 bits per heavy atom. The molecule has 0 spiro atoms. The number of hydrogen-bond donors (Lipinski definition) is 1. The topological polar surface area (TPSA) is 38.3 Å². The second kappa shape index (κ2) is 7.66. The lowest BCUT2D eigenvalue weighted by atomic mass is 9.84. The molecular formula is C19H27NO2. The standard InChI is InChI=1S/C19H27NO2/c21-19(20-17-9-5-2-6-10-17)22-18-13-11-16(12-14-18)15-7-3-1-4-8-15/h11-15,17H,1-10H2,(H,20,21). The Kier molecular flexibility index (Phi) is 5.36. The van der Waals surface area contributed by atoms with Crippen LogP contribution in [0.3, 0.4) is 0 Å². The van der Waals surface area contributed by atoms with Gasteiger partial charge in [-0.3, -0.25) is 0 Å². The van der Waals surface area contributed by atoms with Gasteiger partial charge in [-0.15, -0.1) is 0 Å². The Bertz CT molecular complexity index is 471. The van der Waals surface area contributed by atoms with Gasteiger partial charge < -0.3 is 10.1 Å². The maximum Gasteiger partial charge on any atom is 0.412 e. The second-order valence-electron chi connectivity index (χ2n) is 6.77. The van der Waals surface area contributed by atoms with E-state index in [0.29, 0.717) is 17.7 Å². The number of nitrogens with one attached hydrogen (secondary N) is 1. The molecule has 0 aliphatic heterocycles. The van der Waals surface area contributed by atoms with Gasteiger partial charge in [0.05, 0.1) is 0 Å². The van der Waals surface area contributed by atoms with Crippen LogP contribution in [-0.2, 0) is 0 Å². The van der Waals surface area contributed by atoms with Gasteiger partial charge in [-0.1, -0.05) is 50.7 Å². The molecule has 22 heavy (non-hydrogen) atoms.